The molecule has 1 aliphatic carbocycles. The summed E-state index contributed by atoms with van der Waals surface area (Å²) in [6, 6.07) is 17.0. The fraction of sp³-hybridized carbons (Fsp3) is 0.355. The van der Waals surface area contributed by atoms with Gasteiger partial charge in [-0.3, -0.25) is 9.78 Å². The number of methoxy groups -OCH3 is 1. The monoisotopic (exact) mass is 547 g/mol. The third kappa shape index (κ3) is 5.31. The highest BCUT2D eigenvalue weighted by atomic mass is 35.5. The summed E-state index contributed by atoms with van der Waals surface area (Å²) < 4.78 is 6.82. The number of benzene rings is 2. The number of fused-ring (bicyclic) bond motifs is 1. The molecular weight excluding hydrogens is 514 g/mol. The molecule has 0 aliphatic heterocycles. The lowest BCUT2D eigenvalue weighted by atomic mass is 9.89. The second-order valence-corrected chi connectivity index (χ2v) is 11.6. The van der Waals surface area contributed by atoms with Gasteiger partial charge in [0.25, 0.3) is 5.91 Å². The Bertz CT molecular complexity index is 1460. The Balaban J connectivity index is 1.55. The summed E-state index contributed by atoms with van der Waals surface area (Å²) in [5.74, 6) is 0.773. The first kappa shape index (κ1) is 26.7. The minimum atomic E-state index is -0.00396. The third-order valence-corrected chi connectivity index (χ3v) is 9.35. The first-order valence-electron chi connectivity index (χ1n) is 13.2. The fourth-order valence-corrected chi connectivity index (χ4v) is 7.21. The van der Waals surface area contributed by atoms with Crippen LogP contribution in [-0.4, -0.2) is 42.0 Å². The van der Waals surface area contributed by atoms with E-state index in [2.05, 4.69) is 28.5 Å². The summed E-state index contributed by atoms with van der Waals surface area (Å²) in [5, 5.41) is 4.95. The molecule has 5 nitrogen and oxygen atoms in total. The maximum Gasteiger partial charge on any atom is 0.266 e. The van der Waals surface area contributed by atoms with Gasteiger partial charge in [-0.2, -0.15) is 0 Å². The van der Waals surface area contributed by atoms with Crippen molar-refractivity contribution in [1.29, 1.82) is 0 Å². The average molecular weight is 548 g/mol. The molecule has 2 heterocycles. The number of hydrogen-bond donors (Lipinski definition) is 1. The smallest absolute Gasteiger partial charge is 0.266 e. The maximum absolute atomic E-state index is 14.3. The van der Waals surface area contributed by atoms with Gasteiger partial charge in [0, 0.05) is 46.2 Å². The van der Waals surface area contributed by atoms with Gasteiger partial charge in [-0.15, -0.1) is 11.3 Å². The van der Waals surface area contributed by atoms with Crippen LogP contribution < -0.4 is 10.1 Å². The van der Waals surface area contributed by atoms with Crippen molar-refractivity contribution in [1.82, 2.24) is 15.2 Å². The zero-order valence-electron chi connectivity index (χ0n) is 22.4. The van der Waals surface area contributed by atoms with Crippen LogP contribution in [0.3, 0.4) is 0 Å². The van der Waals surface area contributed by atoms with Crippen LogP contribution in [0.1, 0.15) is 52.2 Å². The molecule has 198 valence electrons. The van der Waals surface area contributed by atoms with Crippen LogP contribution in [0, 0.1) is 13.8 Å². The highest BCUT2D eigenvalue weighted by molar-refractivity contribution is 7.21. The van der Waals surface area contributed by atoms with Crippen molar-refractivity contribution in [2.45, 2.75) is 58.2 Å². The average Bonchev–Trinajstić information content (AvgIpc) is 3.28. The summed E-state index contributed by atoms with van der Waals surface area (Å²) >= 11 is 8.38. The number of carbonyl (C=O) groups excluding carboxylic acids is 1. The summed E-state index contributed by atoms with van der Waals surface area (Å²) in [4.78, 5) is 21.3. The highest BCUT2D eigenvalue weighted by Gasteiger charge is 2.32. The van der Waals surface area contributed by atoms with Crippen molar-refractivity contribution in [2.24, 2.45) is 0 Å². The quantitative estimate of drug-likeness (QED) is 0.261. The van der Waals surface area contributed by atoms with Crippen molar-refractivity contribution >= 4 is 38.9 Å². The maximum atomic E-state index is 14.3. The highest BCUT2D eigenvalue weighted by Crippen LogP contribution is 2.39. The van der Waals surface area contributed by atoms with Gasteiger partial charge >= 0.3 is 0 Å². The van der Waals surface area contributed by atoms with Crippen LogP contribution >= 0.6 is 22.9 Å². The summed E-state index contributed by atoms with van der Waals surface area (Å²) in [5.41, 5.74) is 5.21. The Kier molecular flexibility index (Phi) is 8.03. The first-order chi connectivity index (χ1) is 18.4. The van der Waals surface area contributed by atoms with E-state index in [-0.39, 0.29) is 11.9 Å². The molecule has 0 radical (unpaired) electrons. The number of pyridine rings is 1. The number of rotatable bonds is 7. The number of amides is 1. The van der Waals surface area contributed by atoms with Gasteiger partial charge in [0.15, 0.2) is 0 Å². The van der Waals surface area contributed by atoms with Crippen molar-refractivity contribution in [3.05, 3.63) is 81.4 Å². The molecule has 1 aliphatic rings. The van der Waals surface area contributed by atoms with Crippen molar-refractivity contribution in [3.8, 4) is 16.9 Å². The summed E-state index contributed by atoms with van der Waals surface area (Å²) in [6.07, 6.45) is 5.81. The Morgan fingerprint density at radius 3 is 2.55 bits per heavy atom. The van der Waals surface area contributed by atoms with E-state index in [1.807, 2.05) is 62.3 Å². The molecule has 0 bridgehead atoms. The molecule has 38 heavy (non-hydrogen) atoms. The molecule has 0 atom stereocenters. The number of carbonyl (C=O) groups is 1. The van der Waals surface area contributed by atoms with Gasteiger partial charge in [0.2, 0.25) is 0 Å². The van der Waals surface area contributed by atoms with E-state index in [0.29, 0.717) is 22.5 Å². The van der Waals surface area contributed by atoms with Gasteiger partial charge in [-0.05, 0) is 93.6 Å². The zero-order chi connectivity index (χ0) is 26.8. The van der Waals surface area contributed by atoms with Crippen LogP contribution in [0.25, 0.3) is 21.2 Å². The topological polar surface area (TPSA) is 54.5 Å². The molecule has 0 spiro atoms. The fourth-order valence-electron chi connectivity index (χ4n) is 5.58. The molecule has 5 rings (SSSR count). The van der Waals surface area contributed by atoms with Gasteiger partial charge in [0.1, 0.15) is 10.6 Å². The summed E-state index contributed by atoms with van der Waals surface area (Å²) in [6.45, 7) is 4.49. The first-order valence-corrected chi connectivity index (χ1v) is 14.3. The Morgan fingerprint density at radius 2 is 1.87 bits per heavy atom. The molecule has 4 aromatic rings. The largest absolute Gasteiger partial charge is 0.496 e. The third-order valence-electron chi connectivity index (χ3n) is 7.72. The number of thiophene rings is 1. The zero-order valence-corrected chi connectivity index (χ0v) is 24.0. The molecule has 1 N–H and O–H groups in total. The van der Waals surface area contributed by atoms with E-state index in [9.17, 15) is 4.79 Å². The van der Waals surface area contributed by atoms with Crippen molar-refractivity contribution in [3.63, 3.8) is 0 Å². The lowest BCUT2D eigenvalue weighted by molar-refractivity contribution is 0.0604. The van der Waals surface area contributed by atoms with Gasteiger partial charge in [-0.25, -0.2) is 0 Å². The van der Waals surface area contributed by atoms with Gasteiger partial charge in [-0.1, -0.05) is 29.8 Å². The minimum Gasteiger partial charge on any atom is -0.496 e. The van der Waals surface area contributed by atoms with Crippen molar-refractivity contribution < 1.29 is 9.53 Å². The van der Waals surface area contributed by atoms with E-state index in [0.717, 1.165) is 69.5 Å². The molecule has 7 heteroatoms. The number of aromatic nitrogens is 1. The number of nitrogens with zero attached hydrogens (tertiary/aromatic N) is 2. The number of ether oxygens (including phenoxy) is 1. The SMILES string of the molecule is CN[C@H]1CC[C@H](N(Cc2cc(-c3ccnc(C)c3)ccc2OC)C(=O)c2sc3cccc(C)c3c2Cl)CC1. The van der Waals surface area contributed by atoms with Crippen LogP contribution in [0.15, 0.2) is 54.7 Å². The molecule has 1 fully saturated rings. The van der Waals surface area contributed by atoms with Crippen LogP contribution in [-0.2, 0) is 6.54 Å². The lowest BCUT2D eigenvalue weighted by Crippen LogP contribution is -2.44. The van der Waals surface area contributed by atoms with E-state index >= 15 is 0 Å². The van der Waals surface area contributed by atoms with Crippen molar-refractivity contribution in [2.75, 3.05) is 14.2 Å². The Morgan fingerprint density at radius 1 is 1.11 bits per heavy atom. The summed E-state index contributed by atoms with van der Waals surface area (Å²) in [7, 11) is 3.70. The molecule has 2 aromatic carbocycles. The molecule has 2 aromatic heterocycles. The predicted octanol–water partition coefficient (Wildman–Crippen LogP) is 7.42. The molecule has 1 amide bonds. The standard InChI is InChI=1S/C31H34ClN3O2S/c1-19-6-5-7-27-28(19)29(32)30(38-27)31(36)35(25-11-9-24(33-3)10-12-25)18-23-17-21(8-13-26(23)37-4)22-14-15-34-20(2)16-22/h5-8,13-17,24-25,33H,9-12,18H2,1-4H3/t24-,25-. The Labute approximate surface area is 233 Å². The van der Waals surface area contributed by atoms with Crippen LogP contribution in [0.5, 0.6) is 5.75 Å². The molecule has 0 unspecified atom stereocenters. The number of hydrogen-bond acceptors (Lipinski definition) is 5. The lowest BCUT2D eigenvalue weighted by Gasteiger charge is -2.37. The van der Waals surface area contributed by atoms with E-state index in [1.54, 1.807) is 7.11 Å². The molecular formula is C31H34ClN3O2S. The normalized spacial score (nSPS) is 17.5. The van der Waals surface area contributed by atoms with E-state index in [4.69, 9.17) is 16.3 Å². The predicted molar refractivity (Wildman–Crippen MR) is 158 cm³/mol. The number of nitrogens with one attached hydrogen (secondary N) is 1. The second-order valence-electron chi connectivity index (χ2n) is 10.1. The van der Waals surface area contributed by atoms with Gasteiger partial charge < -0.3 is 15.0 Å². The van der Waals surface area contributed by atoms with E-state index in [1.165, 1.54) is 11.3 Å². The molecule has 0 saturated heterocycles. The minimum absolute atomic E-state index is 0.00396. The Hall–Kier alpha value is -2.93. The van der Waals surface area contributed by atoms with Gasteiger partial charge in [0.05, 0.1) is 12.1 Å². The number of halogens is 1. The van der Waals surface area contributed by atoms with Crippen LogP contribution in [0.4, 0.5) is 0 Å². The molecule has 1 saturated carbocycles. The number of aryl methyl sites for hydroxylation is 2. The van der Waals surface area contributed by atoms with E-state index < -0.39 is 0 Å². The van der Waals surface area contributed by atoms with Crippen LogP contribution in [0.2, 0.25) is 5.02 Å². The second kappa shape index (κ2) is 11.4.